The number of allylic oxidation sites excluding steroid dienone is 4. The maximum Gasteiger partial charge on any atom is 0.307 e. The van der Waals surface area contributed by atoms with Crippen molar-refractivity contribution in [2.45, 2.75) is 72.4 Å². The first-order chi connectivity index (χ1) is 18.4. The number of rotatable bonds is 16. The van der Waals surface area contributed by atoms with Crippen molar-refractivity contribution in [1.29, 1.82) is 0 Å². The number of carboxylic acid groups (broad SMARTS) is 1. The summed E-state index contributed by atoms with van der Waals surface area (Å²) in [6.07, 6.45) is 10.3. The van der Waals surface area contributed by atoms with Crippen molar-refractivity contribution >= 4 is 12.4 Å². The number of carbonyl (C=O) groups excluding carboxylic acids is 1. The van der Waals surface area contributed by atoms with Gasteiger partial charge in [0, 0.05) is 42.7 Å². The molecular weight excluding hydrogens is 492 g/mol. The zero-order valence-corrected chi connectivity index (χ0v) is 24.5. The average Bonchev–Trinajstić information content (AvgIpc) is 2.94. The summed E-state index contributed by atoms with van der Waals surface area (Å²) in [5.41, 5.74) is 1.75. The van der Waals surface area contributed by atoms with Gasteiger partial charge in [-0.1, -0.05) is 72.1 Å². The lowest BCUT2D eigenvalue weighted by Gasteiger charge is -2.25. The summed E-state index contributed by atoms with van der Waals surface area (Å²) in [5, 5.41) is 13.8. The van der Waals surface area contributed by atoms with Gasteiger partial charge in [-0.25, -0.2) is 0 Å². The van der Waals surface area contributed by atoms with Crippen LogP contribution in [0.15, 0.2) is 60.1 Å². The van der Waals surface area contributed by atoms with E-state index < -0.39 is 0 Å². The van der Waals surface area contributed by atoms with Crippen LogP contribution in [0.5, 0.6) is 0 Å². The van der Waals surface area contributed by atoms with Crippen molar-refractivity contribution < 1.29 is 39.0 Å². The summed E-state index contributed by atoms with van der Waals surface area (Å²) in [5.74, 6) is 0.795. The van der Waals surface area contributed by atoms with E-state index >= 15 is 0 Å². The van der Waals surface area contributed by atoms with Gasteiger partial charge in [-0.2, -0.15) is 9.78 Å². The van der Waals surface area contributed by atoms with Crippen LogP contribution in [-0.2, 0) is 33.9 Å². The lowest BCUT2D eigenvalue weighted by Crippen LogP contribution is -2.41. The Morgan fingerprint density at radius 2 is 1.74 bits per heavy atom. The standard InChI is InChI=1S/C23H36N2O6.2C2H6.CH2O2/c1-7-11-18(17(3)30-28-5)21(16-23(26)27-4)25-15-14-24-20(8-2)19-12-9-10-13-22(19)31-29-6;2*1-2;2-1-3/h7,9,11-12,20-21,24-25H,1,3,8,10,13-16H2,2,4-6H3;2*1-2H3;1H,(H,2,3)/b18-11+;;;. The highest BCUT2D eigenvalue weighted by Gasteiger charge is 2.23. The highest BCUT2D eigenvalue weighted by molar-refractivity contribution is 5.71. The molecule has 0 bridgehead atoms. The second kappa shape index (κ2) is 28.6. The van der Waals surface area contributed by atoms with E-state index in [0.717, 1.165) is 30.6 Å². The maximum atomic E-state index is 11.9. The molecule has 0 spiro atoms. The topological polar surface area (TPSA) is 125 Å². The first kappa shape index (κ1) is 39.6. The van der Waals surface area contributed by atoms with E-state index in [-0.39, 0.29) is 30.9 Å². The number of hydrogen-bond donors (Lipinski definition) is 3. The zero-order chi connectivity index (χ0) is 29.8. The molecule has 1 aliphatic carbocycles. The van der Waals surface area contributed by atoms with Crippen LogP contribution in [0.2, 0.25) is 0 Å². The summed E-state index contributed by atoms with van der Waals surface area (Å²) < 4.78 is 4.84. The van der Waals surface area contributed by atoms with Gasteiger partial charge in [-0.3, -0.25) is 9.59 Å². The zero-order valence-electron chi connectivity index (χ0n) is 24.5. The van der Waals surface area contributed by atoms with Crippen LogP contribution in [0, 0.1) is 0 Å². The molecule has 0 heterocycles. The molecule has 220 valence electrons. The molecule has 0 amide bonds. The minimum atomic E-state index is -0.379. The fourth-order valence-corrected chi connectivity index (χ4v) is 3.35. The van der Waals surface area contributed by atoms with Crippen molar-refractivity contribution in [3.8, 4) is 0 Å². The fourth-order valence-electron chi connectivity index (χ4n) is 3.35. The third-order valence-electron chi connectivity index (χ3n) is 4.81. The summed E-state index contributed by atoms with van der Waals surface area (Å²) >= 11 is 0. The number of methoxy groups -OCH3 is 1. The first-order valence-electron chi connectivity index (χ1n) is 12.9. The Hall–Kier alpha value is -2.92. The van der Waals surface area contributed by atoms with Crippen molar-refractivity contribution in [3.63, 3.8) is 0 Å². The van der Waals surface area contributed by atoms with Gasteiger partial charge in [0.1, 0.15) is 5.76 Å². The predicted octanol–water partition coefficient (Wildman–Crippen LogP) is 5.02. The minimum absolute atomic E-state index is 0.110. The first-order valence-corrected chi connectivity index (χ1v) is 12.9. The van der Waals surface area contributed by atoms with Crippen LogP contribution < -0.4 is 10.6 Å². The van der Waals surface area contributed by atoms with E-state index in [4.69, 9.17) is 34.2 Å². The van der Waals surface area contributed by atoms with Crippen LogP contribution in [0.4, 0.5) is 0 Å². The number of carbonyl (C=O) groups is 2. The number of hydrogen-bond acceptors (Lipinski definition) is 9. The molecule has 38 heavy (non-hydrogen) atoms. The Morgan fingerprint density at radius 1 is 1.13 bits per heavy atom. The van der Waals surface area contributed by atoms with Gasteiger partial charge in [0.15, 0.2) is 5.76 Å². The highest BCUT2D eigenvalue weighted by atomic mass is 17.2. The second-order valence-corrected chi connectivity index (χ2v) is 6.91. The Labute approximate surface area is 229 Å². The molecule has 0 aromatic heterocycles. The Morgan fingerprint density at radius 3 is 2.24 bits per heavy atom. The van der Waals surface area contributed by atoms with Gasteiger partial charge in [0.2, 0.25) is 0 Å². The summed E-state index contributed by atoms with van der Waals surface area (Å²) in [6.45, 7) is 18.7. The Kier molecular flexibility index (Phi) is 29.8. The van der Waals surface area contributed by atoms with Crippen LogP contribution >= 0.6 is 0 Å². The Bertz CT molecular complexity index is 732. The summed E-state index contributed by atoms with van der Waals surface area (Å²) in [6, 6.07) is -0.256. The summed E-state index contributed by atoms with van der Waals surface area (Å²) in [7, 11) is 4.26. The van der Waals surface area contributed by atoms with E-state index in [1.54, 1.807) is 12.2 Å². The molecule has 0 radical (unpaired) electrons. The molecule has 0 saturated heterocycles. The average molecular weight is 543 g/mol. The SMILES string of the molecule is C=C/C=C(\C(=C)OOC)C(CC(=O)OC)NCCNC(CC)C1=C(OOC)CCC=C1.CC.CC.O=CO. The lowest BCUT2D eigenvalue weighted by molar-refractivity contribution is -0.240. The molecule has 0 saturated carbocycles. The maximum absolute atomic E-state index is 11.9. The molecule has 0 aliphatic heterocycles. The molecule has 2 atom stereocenters. The monoisotopic (exact) mass is 542 g/mol. The molecular formula is C28H50N2O8. The smallest absolute Gasteiger partial charge is 0.307 e. The molecule has 10 heteroatoms. The van der Waals surface area contributed by atoms with Gasteiger partial charge in [-0.15, -0.1) is 0 Å². The second-order valence-electron chi connectivity index (χ2n) is 6.91. The van der Waals surface area contributed by atoms with Crippen molar-refractivity contribution in [2.75, 3.05) is 34.4 Å². The molecule has 10 nitrogen and oxygen atoms in total. The molecule has 1 rings (SSSR count). The van der Waals surface area contributed by atoms with Crippen molar-refractivity contribution in [1.82, 2.24) is 10.6 Å². The van der Waals surface area contributed by atoms with Crippen LogP contribution in [-0.4, -0.2) is 64.1 Å². The van der Waals surface area contributed by atoms with E-state index in [0.29, 0.717) is 24.4 Å². The molecule has 2 unspecified atom stereocenters. The molecule has 0 aromatic rings. The van der Waals surface area contributed by atoms with Gasteiger partial charge in [0.25, 0.3) is 6.47 Å². The third-order valence-corrected chi connectivity index (χ3v) is 4.81. The van der Waals surface area contributed by atoms with Crippen LogP contribution in [0.3, 0.4) is 0 Å². The summed E-state index contributed by atoms with van der Waals surface area (Å²) in [4.78, 5) is 40.3. The lowest BCUT2D eigenvalue weighted by atomic mass is 9.96. The van der Waals surface area contributed by atoms with Gasteiger partial charge >= 0.3 is 5.97 Å². The number of nitrogens with one attached hydrogen (secondary N) is 2. The number of ether oxygens (including phenoxy) is 1. The fraction of sp³-hybridized carbons (Fsp3) is 0.571. The van der Waals surface area contributed by atoms with Crippen molar-refractivity contribution in [3.05, 3.63) is 60.1 Å². The largest absolute Gasteiger partial charge is 0.483 e. The van der Waals surface area contributed by atoms with Crippen LogP contribution in [0.25, 0.3) is 0 Å². The minimum Gasteiger partial charge on any atom is -0.483 e. The normalized spacial score (nSPS) is 13.6. The van der Waals surface area contributed by atoms with E-state index in [9.17, 15) is 4.79 Å². The van der Waals surface area contributed by atoms with Crippen molar-refractivity contribution in [2.24, 2.45) is 0 Å². The molecule has 1 aliphatic rings. The van der Waals surface area contributed by atoms with E-state index in [2.05, 4.69) is 42.9 Å². The van der Waals surface area contributed by atoms with E-state index in [1.807, 2.05) is 27.7 Å². The number of esters is 1. The van der Waals surface area contributed by atoms with Gasteiger partial charge < -0.3 is 30.3 Å². The van der Waals surface area contributed by atoms with Gasteiger partial charge in [0.05, 0.1) is 27.8 Å². The third kappa shape index (κ3) is 17.5. The Balaban J connectivity index is -0.00000159. The molecule has 0 fully saturated rings. The predicted molar refractivity (Wildman–Crippen MR) is 151 cm³/mol. The van der Waals surface area contributed by atoms with E-state index in [1.165, 1.54) is 21.3 Å². The molecule has 3 N–H and O–H groups in total. The van der Waals surface area contributed by atoms with Gasteiger partial charge in [-0.05, 0) is 12.8 Å². The highest BCUT2D eigenvalue weighted by Crippen LogP contribution is 2.24. The quantitative estimate of drug-likeness (QED) is 0.0466. The van der Waals surface area contributed by atoms with Crippen LogP contribution in [0.1, 0.15) is 60.3 Å². The molecule has 0 aromatic carbocycles.